The highest BCUT2D eigenvalue weighted by molar-refractivity contribution is 7.89. The molecule has 0 aliphatic heterocycles. The molecule has 0 radical (unpaired) electrons. The number of sulfonamides is 1. The third kappa shape index (κ3) is 11.4. The first-order chi connectivity index (χ1) is 21.4. The molecule has 0 bridgehead atoms. The van der Waals surface area contributed by atoms with Crippen LogP contribution in [0.25, 0.3) is 10.2 Å². The van der Waals surface area contributed by atoms with E-state index in [0.717, 1.165) is 43.1 Å². The zero-order valence-corrected chi connectivity index (χ0v) is 28.5. The van der Waals surface area contributed by atoms with E-state index >= 15 is 0 Å². The summed E-state index contributed by atoms with van der Waals surface area (Å²) in [5.74, 6) is -1.26. The fourth-order valence-corrected chi connectivity index (χ4v) is 7.47. The lowest BCUT2D eigenvalue weighted by Gasteiger charge is -2.12. The molecule has 0 saturated heterocycles. The maximum Gasteiger partial charge on any atom is 0.335 e. The van der Waals surface area contributed by atoms with Crippen molar-refractivity contribution in [3.63, 3.8) is 0 Å². The van der Waals surface area contributed by atoms with Gasteiger partial charge in [-0.1, -0.05) is 102 Å². The van der Waals surface area contributed by atoms with Gasteiger partial charge in [-0.15, -0.1) is 5.10 Å². The van der Waals surface area contributed by atoms with Crippen LogP contribution in [0, 0.1) is 0 Å². The second-order valence-corrected chi connectivity index (χ2v) is 15.2. The number of benzene rings is 2. The molecule has 3 N–H and O–H groups in total. The molecule has 0 saturated carbocycles. The minimum atomic E-state index is -4.43. The van der Waals surface area contributed by atoms with Crippen molar-refractivity contribution in [2.45, 2.75) is 107 Å². The Kier molecular flexibility index (Phi) is 14.3. The molecule has 0 atom stereocenters. The molecule has 0 aliphatic rings. The summed E-state index contributed by atoms with van der Waals surface area (Å²) in [6.07, 6.45) is 17.0. The Bertz CT molecular complexity index is 1700. The Morgan fingerprint density at radius 1 is 0.867 bits per heavy atom. The standard InChI is InChI=1S/C31H45N3O8S3/c1-3-4-5-6-7-8-9-10-11-12-13-14-15-16-21-42-27-19-17-24(30(35)36)22-29(27)44(37,38)33-32-31-34(2)26-23-25(45(39,40)41)18-20-28(26)43-31/h17-20,22-23,33H,3-16,21H2,1-2H3,(H,35,36)(H,39,40,41)/b32-31-. The fraction of sp³-hybridized carbons (Fsp3) is 0.548. The van der Waals surface area contributed by atoms with Crippen LogP contribution in [0.3, 0.4) is 0 Å². The summed E-state index contributed by atoms with van der Waals surface area (Å²) in [5.41, 5.74) is 0.197. The molecule has 11 nitrogen and oxygen atoms in total. The summed E-state index contributed by atoms with van der Waals surface area (Å²) < 4.78 is 66.8. The van der Waals surface area contributed by atoms with E-state index in [1.807, 2.05) is 0 Å². The van der Waals surface area contributed by atoms with Crippen LogP contribution in [0.2, 0.25) is 0 Å². The van der Waals surface area contributed by atoms with Crippen LogP contribution in [-0.2, 0) is 27.2 Å². The Morgan fingerprint density at radius 2 is 1.44 bits per heavy atom. The summed E-state index contributed by atoms with van der Waals surface area (Å²) in [6, 6.07) is 7.63. The Balaban J connectivity index is 1.55. The van der Waals surface area contributed by atoms with Gasteiger partial charge in [0.15, 0.2) is 0 Å². The van der Waals surface area contributed by atoms with E-state index in [1.54, 1.807) is 7.05 Å². The monoisotopic (exact) mass is 683 g/mol. The number of rotatable bonds is 21. The van der Waals surface area contributed by atoms with Crippen LogP contribution >= 0.6 is 11.3 Å². The topological polar surface area (TPSA) is 164 Å². The molecular formula is C31H45N3O8S3. The highest BCUT2D eigenvalue weighted by atomic mass is 32.2. The number of hydrogen-bond acceptors (Lipinski definition) is 8. The number of hydrogen-bond donors (Lipinski definition) is 3. The van der Waals surface area contributed by atoms with Gasteiger partial charge >= 0.3 is 5.97 Å². The number of unbranched alkanes of at least 4 members (excludes halogenated alkanes) is 13. The van der Waals surface area contributed by atoms with E-state index in [9.17, 15) is 31.3 Å². The number of nitrogens with zero attached hydrogens (tertiary/aromatic N) is 2. The van der Waals surface area contributed by atoms with E-state index in [2.05, 4.69) is 16.9 Å². The van der Waals surface area contributed by atoms with Gasteiger partial charge in [0.25, 0.3) is 20.1 Å². The highest BCUT2D eigenvalue weighted by Crippen LogP contribution is 2.26. The predicted octanol–water partition coefficient (Wildman–Crippen LogP) is 6.84. The number of aromatic nitrogens is 1. The van der Waals surface area contributed by atoms with Gasteiger partial charge in [-0.2, -0.15) is 21.7 Å². The van der Waals surface area contributed by atoms with Crippen LogP contribution in [0.4, 0.5) is 0 Å². The lowest BCUT2D eigenvalue weighted by atomic mass is 10.0. The van der Waals surface area contributed by atoms with Crippen molar-refractivity contribution in [1.29, 1.82) is 0 Å². The van der Waals surface area contributed by atoms with Gasteiger partial charge in [0.05, 0.1) is 27.3 Å². The minimum absolute atomic E-state index is 0.0240. The van der Waals surface area contributed by atoms with Crippen molar-refractivity contribution in [2.24, 2.45) is 12.1 Å². The number of fused-ring (bicyclic) bond motifs is 1. The van der Waals surface area contributed by atoms with Gasteiger partial charge in [0.1, 0.15) is 10.6 Å². The lowest BCUT2D eigenvalue weighted by Crippen LogP contribution is -2.24. The van der Waals surface area contributed by atoms with Crippen molar-refractivity contribution in [3.8, 4) is 5.75 Å². The van der Waals surface area contributed by atoms with E-state index in [1.165, 1.54) is 99.1 Å². The maximum absolute atomic E-state index is 13.3. The molecule has 1 heterocycles. The first-order valence-corrected chi connectivity index (χ1v) is 19.3. The molecular weight excluding hydrogens is 639 g/mol. The molecule has 3 aromatic rings. The number of carbonyl (C=O) groups is 1. The maximum atomic E-state index is 13.3. The molecule has 45 heavy (non-hydrogen) atoms. The lowest BCUT2D eigenvalue weighted by molar-refractivity contribution is 0.0696. The number of aromatic carboxylic acids is 1. The molecule has 3 rings (SSSR count). The second-order valence-electron chi connectivity index (χ2n) is 11.2. The molecule has 2 aromatic carbocycles. The van der Waals surface area contributed by atoms with E-state index < -0.39 is 26.1 Å². The Hall–Kier alpha value is -2.94. The molecule has 1 aromatic heterocycles. The number of carboxylic acids is 1. The van der Waals surface area contributed by atoms with Gasteiger partial charge in [0, 0.05) is 7.05 Å². The summed E-state index contributed by atoms with van der Waals surface area (Å²) >= 11 is 1.09. The van der Waals surface area contributed by atoms with Crippen LogP contribution in [0.1, 0.15) is 107 Å². The quantitative estimate of drug-likeness (QED) is 0.0624. The first kappa shape index (κ1) is 36.5. The Morgan fingerprint density at radius 3 is 2.00 bits per heavy atom. The molecule has 0 amide bonds. The average Bonchev–Trinajstić information content (AvgIpc) is 3.32. The molecule has 14 heteroatoms. The largest absolute Gasteiger partial charge is 0.492 e. The minimum Gasteiger partial charge on any atom is -0.492 e. The van der Waals surface area contributed by atoms with Gasteiger partial charge in [-0.05, 0) is 42.8 Å². The van der Waals surface area contributed by atoms with E-state index in [4.69, 9.17) is 4.74 Å². The fourth-order valence-electron chi connectivity index (χ4n) is 4.97. The van der Waals surface area contributed by atoms with Gasteiger partial charge in [-0.25, -0.2) is 4.79 Å². The smallest absolute Gasteiger partial charge is 0.335 e. The van der Waals surface area contributed by atoms with Crippen LogP contribution in [-0.4, -0.2) is 43.6 Å². The summed E-state index contributed by atoms with van der Waals surface area (Å²) in [4.78, 5) is 13.3. The van der Waals surface area contributed by atoms with Crippen molar-refractivity contribution in [2.75, 3.05) is 6.61 Å². The number of thiazole rings is 1. The van der Waals surface area contributed by atoms with Crippen molar-refractivity contribution in [3.05, 3.63) is 46.8 Å². The van der Waals surface area contributed by atoms with Gasteiger partial charge in [-0.3, -0.25) is 4.55 Å². The average molecular weight is 684 g/mol. The third-order valence-corrected chi connectivity index (χ3v) is 10.8. The van der Waals surface area contributed by atoms with Crippen LogP contribution in [0.15, 0.2) is 51.3 Å². The molecule has 0 unspecified atom stereocenters. The molecule has 0 spiro atoms. The van der Waals surface area contributed by atoms with E-state index in [-0.39, 0.29) is 32.5 Å². The molecule has 0 aliphatic carbocycles. The van der Waals surface area contributed by atoms with Crippen LogP contribution in [0.5, 0.6) is 5.75 Å². The number of ether oxygens (including phenoxy) is 1. The third-order valence-electron chi connectivity index (χ3n) is 7.57. The van der Waals surface area contributed by atoms with Crippen molar-refractivity contribution < 1.29 is 36.0 Å². The zero-order chi connectivity index (χ0) is 32.9. The SMILES string of the molecule is CCCCCCCCCCCCCCCCOc1ccc(C(=O)O)cc1S(=O)(=O)N/N=c1\sc2ccc(S(=O)(=O)O)cc2n1C. The number of carboxylic acid groups (broad SMARTS) is 1. The van der Waals surface area contributed by atoms with Gasteiger partial charge in [0.2, 0.25) is 4.80 Å². The number of aryl methyl sites for hydroxylation is 1. The van der Waals surface area contributed by atoms with Crippen LogP contribution < -0.4 is 14.4 Å². The highest BCUT2D eigenvalue weighted by Gasteiger charge is 2.22. The normalized spacial score (nSPS) is 12.6. The summed E-state index contributed by atoms with van der Waals surface area (Å²) in [7, 11) is -7.21. The zero-order valence-electron chi connectivity index (χ0n) is 26.0. The van der Waals surface area contributed by atoms with Gasteiger partial charge < -0.3 is 14.4 Å². The van der Waals surface area contributed by atoms with Crippen molar-refractivity contribution in [1.82, 2.24) is 9.40 Å². The Labute approximate surface area is 270 Å². The summed E-state index contributed by atoms with van der Waals surface area (Å²) in [5, 5.41) is 13.4. The molecule has 0 fully saturated rings. The second kappa shape index (κ2) is 17.7. The summed E-state index contributed by atoms with van der Waals surface area (Å²) in [6.45, 7) is 2.52. The molecule has 250 valence electrons. The van der Waals surface area contributed by atoms with Crippen molar-refractivity contribution >= 4 is 47.7 Å². The first-order valence-electron chi connectivity index (χ1n) is 15.6. The van der Waals surface area contributed by atoms with E-state index in [0.29, 0.717) is 10.2 Å². The predicted molar refractivity (Wildman–Crippen MR) is 176 cm³/mol. The number of nitrogens with one attached hydrogen (secondary N) is 1.